The molecular weight excluding hydrogens is 220 g/mol. The van der Waals surface area contributed by atoms with E-state index in [4.69, 9.17) is 10.00 Å². The highest BCUT2D eigenvalue weighted by atomic mass is 16.6. The minimum atomic E-state index is -0.529. The summed E-state index contributed by atoms with van der Waals surface area (Å²) in [6.07, 6.45) is 0.877. The molecule has 0 fully saturated rings. The Morgan fingerprint density at radius 1 is 1.53 bits per heavy atom. The lowest BCUT2D eigenvalue weighted by molar-refractivity contribution is -0.384. The Balaban J connectivity index is 2.79. The molecule has 0 bridgehead atoms. The summed E-state index contributed by atoms with van der Waals surface area (Å²) in [5, 5.41) is 19.4. The third kappa shape index (κ3) is 3.76. The number of hydrogen-bond donors (Lipinski definition) is 0. The minimum absolute atomic E-state index is 0.0993. The van der Waals surface area contributed by atoms with E-state index in [2.05, 4.69) is 13.8 Å². The van der Waals surface area contributed by atoms with Crippen LogP contribution in [0.2, 0.25) is 0 Å². The monoisotopic (exact) mass is 234 g/mol. The Hall–Kier alpha value is -2.09. The van der Waals surface area contributed by atoms with E-state index in [0.717, 1.165) is 6.42 Å². The predicted octanol–water partition coefficient (Wildman–Crippen LogP) is 2.89. The summed E-state index contributed by atoms with van der Waals surface area (Å²) in [7, 11) is 0. The van der Waals surface area contributed by atoms with Crippen molar-refractivity contribution >= 4 is 5.69 Å². The highest BCUT2D eigenvalue weighted by molar-refractivity contribution is 5.50. The maximum atomic E-state index is 10.5. The summed E-state index contributed by atoms with van der Waals surface area (Å²) < 4.78 is 5.43. The second kappa shape index (κ2) is 5.85. The highest BCUT2D eigenvalue weighted by Gasteiger charge is 2.11. The average molecular weight is 234 g/mol. The van der Waals surface area contributed by atoms with Gasteiger partial charge < -0.3 is 4.74 Å². The largest absolute Gasteiger partial charge is 0.492 e. The van der Waals surface area contributed by atoms with Crippen LogP contribution in [0.3, 0.4) is 0 Å². The molecule has 0 aromatic heterocycles. The molecule has 0 N–H and O–H groups in total. The number of nitro groups is 1. The first-order valence-electron chi connectivity index (χ1n) is 5.36. The van der Waals surface area contributed by atoms with E-state index in [1.54, 1.807) is 0 Å². The first-order valence-corrected chi connectivity index (χ1v) is 5.36. The van der Waals surface area contributed by atoms with Gasteiger partial charge in [-0.3, -0.25) is 10.1 Å². The molecule has 0 atom stereocenters. The van der Waals surface area contributed by atoms with E-state index in [1.807, 2.05) is 6.07 Å². The molecule has 0 saturated carbocycles. The number of nitriles is 1. The molecular formula is C12H14N2O3. The van der Waals surface area contributed by atoms with Crippen molar-refractivity contribution in [3.05, 3.63) is 33.9 Å². The normalized spacial score (nSPS) is 10.0. The molecule has 90 valence electrons. The van der Waals surface area contributed by atoms with Crippen molar-refractivity contribution in [3.63, 3.8) is 0 Å². The lowest BCUT2D eigenvalue weighted by Gasteiger charge is -2.08. The van der Waals surface area contributed by atoms with Gasteiger partial charge in [0.25, 0.3) is 5.69 Å². The number of ether oxygens (including phenoxy) is 1. The highest BCUT2D eigenvalue weighted by Crippen LogP contribution is 2.23. The fourth-order valence-corrected chi connectivity index (χ4v) is 1.25. The molecule has 5 nitrogen and oxygen atoms in total. The van der Waals surface area contributed by atoms with Gasteiger partial charge >= 0.3 is 0 Å². The number of nitro benzene ring substituents is 1. The quantitative estimate of drug-likeness (QED) is 0.579. The summed E-state index contributed by atoms with van der Waals surface area (Å²) in [4.78, 5) is 10.0. The molecule has 5 heteroatoms. The van der Waals surface area contributed by atoms with Gasteiger partial charge in [-0.2, -0.15) is 5.26 Å². The van der Waals surface area contributed by atoms with Crippen LogP contribution in [0.5, 0.6) is 5.75 Å². The maximum absolute atomic E-state index is 10.5. The van der Waals surface area contributed by atoms with Crippen molar-refractivity contribution < 1.29 is 9.66 Å². The number of non-ortho nitro benzene ring substituents is 1. The fraction of sp³-hybridized carbons (Fsp3) is 0.417. The molecule has 1 rings (SSSR count). The molecule has 0 saturated heterocycles. The van der Waals surface area contributed by atoms with Crippen molar-refractivity contribution in [1.29, 1.82) is 5.26 Å². The van der Waals surface area contributed by atoms with Gasteiger partial charge in [-0.05, 0) is 18.4 Å². The Morgan fingerprint density at radius 3 is 2.76 bits per heavy atom. The van der Waals surface area contributed by atoms with Gasteiger partial charge in [0.15, 0.2) is 0 Å². The Morgan fingerprint density at radius 2 is 2.24 bits per heavy atom. The van der Waals surface area contributed by atoms with Crippen molar-refractivity contribution in [3.8, 4) is 11.8 Å². The Labute approximate surface area is 99.8 Å². The zero-order valence-corrected chi connectivity index (χ0v) is 9.84. The molecule has 0 aliphatic rings. The number of rotatable bonds is 5. The standard InChI is InChI=1S/C12H14N2O3/c1-9(2)5-6-17-12-4-3-11(14(15)16)7-10(12)8-13/h3-4,7,9H,5-6H2,1-2H3. The van der Waals surface area contributed by atoms with Gasteiger partial charge in [0.2, 0.25) is 0 Å². The Kier molecular flexibility index (Phi) is 4.46. The number of nitrogens with zero attached hydrogens (tertiary/aromatic N) is 2. The molecule has 1 aromatic rings. The molecule has 0 spiro atoms. The van der Waals surface area contributed by atoms with Crippen LogP contribution in [0.25, 0.3) is 0 Å². The molecule has 0 unspecified atom stereocenters. The zero-order valence-electron chi connectivity index (χ0n) is 9.84. The van der Waals surface area contributed by atoms with Crippen LogP contribution in [0.1, 0.15) is 25.8 Å². The van der Waals surface area contributed by atoms with Crippen LogP contribution in [-0.2, 0) is 0 Å². The van der Waals surface area contributed by atoms with E-state index in [0.29, 0.717) is 18.3 Å². The van der Waals surface area contributed by atoms with Gasteiger partial charge in [-0.15, -0.1) is 0 Å². The first kappa shape index (κ1) is 13.0. The smallest absolute Gasteiger partial charge is 0.271 e. The van der Waals surface area contributed by atoms with E-state index in [1.165, 1.54) is 18.2 Å². The lowest BCUT2D eigenvalue weighted by Crippen LogP contribution is -2.03. The summed E-state index contributed by atoms with van der Waals surface area (Å²) >= 11 is 0. The molecule has 0 amide bonds. The van der Waals surface area contributed by atoms with Crippen LogP contribution >= 0.6 is 0 Å². The van der Waals surface area contributed by atoms with Crippen LogP contribution in [0.15, 0.2) is 18.2 Å². The molecule has 1 aromatic carbocycles. The second-order valence-corrected chi connectivity index (χ2v) is 4.08. The second-order valence-electron chi connectivity index (χ2n) is 4.08. The lowest BCUT2D eigenvalue weighted by atomic mass is 10.1. The predicted molar refractivity (Wildman–Crippen MR) is 62.8 cm³/mol. The van der Waals surface area contributed by atoms with E-state index < -0.39 is 4.92 Å². The van der Waals surface area contributed by atoms with Crippen molar-refractivity contribution in [2.45, 2.75) is 20.3 Å². The van der Waals surface area contributed by atoms with Gasteiger partial charge in [-0.25, -0.2) is 0 Å². The van der Waals surface area contributed by atoms with Crippen LogP contribution in [0, 0.1) is 27.4 Å². The summed E-state index contributed by atoms with van der Waals surface area (Å²) in [6.45, 7) is 4.65. The topological polar surface area (TPSA) is 76.2 Å². The summed E-state index contributed by atoms with van der Waals surface area (Å²) in [5.41, 5.74) is 0.0979. The third-order valence-electron chi connectivity index (χ3n) is 2.25. The van der Waals surface area contributed by atoms with E-state index in [-0.39, 0.29) is 11.3 Å². The average Bonchev–Trinajstić information content (AvgIpc) is 2.28. The molecule has 0 radical (unpaired) electrons. The minimum Gasteiger partial charge on any atom is -0.492 e. The van der Waals surface area contributed by atoms with Crippen LogP contribution < -0.4 is 4.74 Å². The van der Waals surface area contributed by atoms with Crippen molar-refractivity contribution in [2.24, 2.45) is 5.92 Å². The van der Waals surface area contributed by atoms with Gasteiger partial charge in [-0.1, -0.05) is 13.8 Å². The summed E-state index contributed by atoms with van der Waals surface area (Å²) in [6, 6.07) is 5.93. The molecule has 0 aliphatic carbocycles. The third-order valence-corrected chi connectivity index (χ3v) is 2.25. The first-order chi connectivity index (χ1) is 8.04. The fourth-order valence-electron chi connectivity index (χ4n) is 1.25. The zero-order chi connectivity index (χ0) is 12.8. The molecule has 0 aliphatic heterocycles. The summed E-state index contributed by atoms with van der Waals surface area (Å²) in [5.74, 6) is 0.914. The van der Waals surface area contributed by atoms with Crippen LogP contribution in [-0.4, -0.2) is 11.5 Å². The van der Waals surface area contributed by atoms with Gasteiger partial charge in [0, 0.05) is 12.1 Å². The maximum Gasteiger partial charge on any atom is 0.271 e. The van der Waals surface area contributed by atoms with Gasteiger partial charge in [0.05, 0.1) is 11.5 Å². The number of benzene rings is 1. The SMILES string of the molecule is CC(C)CCOc1ccc([N+](=O)[O-])cc1C#N. The van der Waals surface area contributed by atoms with E-state index >= 15 is 0 Å². The Bertz CT molecular complexity index is 450. The van der Waals surface area contributed by atoms with Crippen LogP contribution in [0.4, 0.5) is 5.69 Å². The van der Waals surface area contributed by atoms with Crippen molar-refractivity contribution in [1.82, 2.24) is 0 Å². The van der Waals surface area contributed by atoms with Gasteiger partial charge in [0.1, 0.15) is 17.4 Å². The molecule has 17 heavy (non-hydrogen) atoms. The molecule has 0 heterocycles. The van der Waals surface area contributed by atoms with E-state index in [9.17, 15) is 10.1 Å². The number of hydrogen-bond acceptors (Lipinski definition) is 4. The van der Waals surface area contributed by atoms with Crippen molar-refractivity contribution in [2.75, 3.05) is 6.61 Å².